The number of ether oxygens (including phenoxy) is 1. The lowest BCUT2D eigenvalue weighted by Gasteiger charge is -2.17. The largest absolute Gasteiger partial charge is 0.476 e. The zero-order valence-electron chi connectivity index (χ0n) is 12.1. The number of carbonyl (C=O) groups excluding carboxylic acids is 1. The fourth-order valence-electron chi connectivity index (χ4n) is 2.22. The van der Waals surface area contributed by atoms with Crippen molar-refractivity contribution in [2.45, 2.75) is 6.42 Å². The molecule has 0 aliphatic carbocycles. The Kier molecular flexibility index (Phi) is 5.29. The molecular formula is C14H18N4O4. The number of hydrogen-bond acceptors (Lipinski definition) is 6. The fraction of sp³-hybridized carbons (Fsp3) is 0.429. The Morgan fingerprint density at radius 1 is 1.50 bits per heavy atom. The van der Waals surface area contributed by atoms with Crippen LogP contribution in [-0.4, -0.2) is 53.4 Å². The molecule has 0 radical (unpaired) electrons. The number of amides is 1. The van der Waals surface area contributed by atoms with Crippen LogP contribution in [0.25, 0.3) is 0 Å². The van der Waals surface area contributed by atoms with Crippen LogP contribution in [0.1, 0.15) is 16.9 Å². The Hall–Kier alpha value is -2.64. The van der Waals surface area contributed by atoms with Gasteiger partial charge < -0.3 is 20.1 Å². The summed E-state index contributed by atoms with van der Waals surface area (Å²) in [6.07, 6.45) is 4.66. The highest BCUT2D eigenvalue weighted by molar-refractivity contribution is 5.84. The van der Waals surface area contributed by atoms with Crippen molar-refractivity contribution in [3.8, 4) is 0 Å². The van der Waals surface area contributed by atoms with Gasteiger partial charge >= 0.3 is 12.1 Å². The minimum absolute atomic E-state index is 0.0777. The smallest absolute Gasteiger partial charge is 0.407 e. The Bertz CT molecular complexity index is 546. The van der Waals surface area contributed by atoms with Crippen LogP contribution in [0.2, 0.25) is 0 Å². The molecular weight excluding hydrogens is 288 g/mol. The average Bonchev–Trinajstić information content (AvgIpc) is 3.00. The van der Waals surface area contributed by atoms with Gasteiger partial charge in [0.1, 0.15) is 12.4 Å². The number of aromatic nitrogens is 2. The van der Waals surface area contributed by atoms with E-state index in [0.717, 1.165) is 19.5 Å². The number of carboxylic acids is 1. The van der Waals surface area contributed by atoms with E-state index in [4.69, 9.17) is 9.84 Å². The van der Waals surface area contributed by atoms with E-state index in [1.807, 2.05) is 4.90 Å². The molecule has 1 unspecified atom stereocenters. The first-order chi connectivity index (χ1) is 10.6. The first-order valence-corrected chi connectivity index (χ1v) is 6.92. The zero-order chi connectivity index (χ0) is 15.9. The van der Waals surface area contributed by atoms with Crippen molar-refractivity contribution in [3.63, 3.8) is 0 Å². The van der Waals surface area contributed by atoms with Gasteiger partial charge in [0.25, 0.3) is 0 Å². The Morgan fingerprint density at radius 3 is 2.95 bits per heavy atom. The van der Waals surface area contributed by atoms with E-state index in [0.29, 0.717) is 12.4 Å². The molecule has 1 saturated heterocycles. The van der Waals surface area contributed by atoms with E-state index >= 15 is 0 Å². The van der Waals surface area contributed by atoms with Gasteiger partial charge in [-0.2, -0.15) is 0 Å². The summed E-state index contributed by atoms with van der Waals surface area (Å²) in [6.45, 7) is 5.69. The van der Waals surface area contributed by atoms with Crippen LogP contribution in [0.15, 0.2) is 25.0 Å². The third-order valence-corrected chi connectivity index (χ3v) is 3.33. The van der Waals surface area contributed by atoms with E-state index in [-0.39, 0.29) is 18.2 Å². The van der Waals surface area contributed by atoms with Gasteiger partial charge in [-0.15, -0.1) is 0 Å². The van der Waals surface area contributed by atoms with Crippen LogP contribution in [-0.2, 0) is 4.74 Å². The number of aromatic carboxylic acids is 1. The van der Waals surface area contributed by atoms with Gasteiger partial charge in [-0.1, -0.05) is 12.7 Å². The first-order valence-electron chi connectivity index (χ1n) is 6.92. The summed E-state index contributed by atoms with van der Waals surface area (Å²) in [5, 5.41) is 11.5. The SMILES string of the molecule is C=CCOC(=O)NCC1CCN(c2cnc(C(=O)O)cn2)C1. The molecule has 118 valence electrons. The molecule has 0 bridgehead atoms. The van der Waals surface area contributed by atoms with E-state index in [1.165, 1.54) is 18.5 Å². The third-order valence-electron chi connectivity index (χ3n) is 3.33. The molecule has 1 amide bonds. The lowest BCUT2D eigenvalue weighted by atomic mass is 10.1. The summed E-state index contributed by atoms with van der Waals surface area (Å²) in [5.74, 6) is -0.167. The van der Waals surface area contributed by atoms with Gasteiger partial charge in [0, 0.05) is 19.6 Å². The summed E-state index contributed by atoms with van der Waals surface area (Å²) >= 11 is 0. The Balaban J connectivity index is 1.81. The van der Waals surface area contributed by atoms with Crippen molar-refractivity contribution in [1.82, 2.24) is 15.3 Å². The van der Waals surface area contributed by atoms with Crippen molar-refractivity contribution < 1.29 is 19.4 Å². The summed E-state index contributed by atoms with van der Waals surface area (Å²) in [6, 6.07) is 0. The molecule has 8 heteroatoms. The van der Waals surface area contributed by atoms with Gasteiger partial charge in [0.2, 0.25) is 0 Å². The number of rotatable bonds is 6. The van der Waals surface area contributed by atoms with E-state index in [2.05, 4.69) is 21.9 Å². The van der Waals surface area contributed by atoms with Crippen LogP contribution in [0.5, 0.6) is 0 Å². The topological polar surface area (TPSA) is 105 Å². The number of anilines is 1. The average molecular weight is 306 g/mol. The number of nitrogens with one attached hydrogen (secondary N) is 1. The minimum Gasteiger partial charge on any atom is -0.476 e. The maximum atomic E-state index is 11.3. The van der Waals surface area contributed by atoms with Crippen LogP contribution in [0.4, 0.5) is 10.6 Å². The van der Waals surface area contributed by atoms with Crippen molar-refractivity contribution >= 4 is 17.9 Å². The number of carbonyl (C=O) groups is 2. The van der Waals surface area contributed by atoms with Gasteiger partial charge in [0.05, 0.1) is 12.4 Å². The number of nitrogens with zero attached hydrogens (tertiary/aromatic N) is 3. The highest BCUT2D eigenvalue weighted by Crippen LogP contribution is 2.21. The second-order valence-corrected chi connectivity index (χ2v) is 4.93. The molecule has 2 rings (SSSR count). The highest BCUT2D eigenvalue weighted by atomic mass is 16.5. The quantitative estimate of drug-likeness (QED) is 0.753. The monoisotopic (exact) mass is 306 g/mol. The Morgan fingerprint density at radius 2 is 2.32 bits per heavy atom. The van der Waals surface area contributed by atoms with Crippen LogP contribution < -0.4 is 10.2 Å². The van der Waals surface area contributed by atoms with Crippen LogP contribution in [0.3, 0.4) is 0 Å². The zero-order valence-corrected chi connectivity index (χ0v) is 12.1. The standard InChI is InChI=1S/C14H18N4O4/c1-2-5-22-14(21)17-6-10-3-4-18(9-10)12-8-15-11(7-16-12)13(19)20/h2,7-8,10H,1,3-6,9H2,(H,17,21)(H,19,20). The maximum absolute atomic E-state index is 11.3. The predicted octanol–water partition coefficient (Wildman–Crippen LogP) is 0.913. The molecule has 22 heavy (non-hydrogen) atoms. The fourth-order valence-corrected chi connectivity index (χ4v) is 2.22. The maximum Gasteiger partial charge on any atom is 0.407 e. The Labute approximate surface area is 127 Å². The summed E-state index contributed by atoms with van der Waals surface area (Å²) in [7, 11) is 0. The molecule has 1 fully saturated rings. The van der Waals surface area contributed by atoms with Gasteiger partial charge in [-0.3, -0.25) is 0 Å². The predicted molar refractivity (Wildman–Crippen MR) is 78.9 cm³/mol. The van der Waals surface area contributed by atoms with E-state index in [1.54, 1.807) is 0 Å². The molecule has 0 spiro atoms. The van der Waals surface area contributed by atoms with Gasteiger partial charge in [0.15, 0.2) is 5.69 Å². The highest BCUT2D eigenvalue weighted by Gasteiger charge is 2.24. The molecule has 0 saturated carbocycles. The van der Waals surface area contributed by atoms with Gasteiger partial charge in [-0.25, -0.2) is 19.6 Å². The van der Waals surface area contributed by atoms with E-state index < -0.39 is 12.1 Å². The third kappa shape index (κ3) is 4.18. The van der Waals surface area contributed by atoms with Crippen molar-refractivity contribution in [2.75, 3.05) is 31.1 Å². The molecule has 2 N–H and O–H groups in total. The summed E-state index contributed by atoms with van der Waals surface area (Å²) in [4.78, 5) is 32.1. The second-order valence-electron chi connectivity index (χ2n) is 4.93. The number of alkyl carbamates (subject to hydrolysis) is 1. The van der Waals surface area contributed by atoms with E-state index in [9.17, 15) is 9.59 Å². The molecule has 0 aromatic carbocycles. The molecule has 1 aliphatic rings. The lowest BCUT2D eigenvalue weighted by Crippen LogP contribution is -2.31. The molecule has 1 aromatic rings. The normalized spacial score (nSPS) is 17.1. The molecule has 1 aliphatic heterocycles. The first kappa shape index (κ1) is 15.7. The molecule has 2 heterocycles. The molecule has 1 atom stereocenters. The number of carboxylic acid groups (broad SMARTS) is 1. The molecule has 1 aromatic heterocycles. The van der Waals surface area contributed by atoms with Gasteiger partial charge in [-0.05, 0) is 12.3 Å². The van der Waals surface area contributed by atoms with Crippen LogP contribution >= 0.6 is 0 Å². The minimum atomic E-state index is -1.10. The van der Waals surface area contributed by atoms with Crippen molar-refractivity contribution in [2.24, 2.45) is 5.92 Å². The van der Waals surface area contributed by atoms with Crippen LogP contribution in [0, 0.1) is 5.92 Å². The summed E-state index contributed by atoms with van der Waals surface area (Å²) < 4.78 is 4.84. The number of hydrogen-bond donors (Lipinski definition) is 2. The second kappa shape index (κ2) is 7.39. The van der Waals surface area contributed by atoms with Crippen molar-refractivity contribution in [1.29, 1.82) is 0 Å². The summed E-state index contributed by atoms with van der Waals surface area (Å²) in [5.41, 5.74) is -0.0777. The lowest BCUT2D eigenvalue weighted by molar-refractivity contribution is 0.0690. The molecule has 8 nitrogen and oxygen atoms in total. The van der Waals surface area contributed by atoms with Crippen molar-refractivity contribution in [3.05, 3.63) is 30.7 Å².